The van der Waals surface area contributed by atoms with Crippen LogP contribution in [-0.4, -0.2) is 65.0 Å². The van der Waals surface area contributed by atoms with Crippen LogP contribution < -0.4 is 20.7 Å². The summed E-state index contributed by atoms with van der Waals surface area (Å²) in [5, 5.41) is 17.8. The first kappa shape index (κ1) is 23.9. The van der Waals surface area contributed by atoms with Crippen LogP contribution in [0.1, 0.15) is 48.9 Å². The van der Waals surface area contributed by atoms with Crippen molar-refractivity contribution in [1.29, 1.82) is 0 Å². The van der Waals surface area contributed by atoms with Crippen LogP contribution in [0.15, 0.2) is 24.3 Å². The van der Waals surface area contributed by atoms with Crippen molar-refractivity contribution in [2.24, 2.45) is 0 Å². The minimum absolute atomic E-state index is 0.00910. The summed E-state index contributed by atoms with van der Waals surface area (Å²) >= 11 is 1.88. The normalized spacial score (nSPS) is 21.4. The van der Waals surface area contributed by atoms with Gasteiger partial charge in [0.1, 0.15) is 5.75 Å². The highest BCUT2D eigenvalue weighted by Crippen LogP contribution is 2.33. The zero-order valence-electron chi connectivity index (χ0n) is 17.8. The molecule has 0 saturated carbocycles. The van der Waals surface area contributed by atoms with Crippen molar-refractivity contribution in [3.63, 3.8) is 0 Å². The number of hydrogen-bond acceptors (Lipinski definition) is 6. The molecule has 32 heavy (non-hydrogen) atoms. The number of thioether (sulfide) groups is 1. The summed E-state index contributed by atoms with van der Waals surface area (Å²) in [5.41, 5.74) is 0.527. The molecule has 0 aromatic heterocycles. The van der Waals surface area contributed by atoms with Gasteiger partial charge in [0.2, 0.25) is 5.91 Å². The van der Waals surface area contributed by atoms with Crippen molar-refractivity contribution >= 4 is 35.5 Å². The van der Waals surface area contributed by atoms with Gasteiger partial charge in [-0.1, -0.05) is 6.42 Å². The fourth-order valence-corrected chi connectivity index (χ4v) is 5.41. The molecule has 1 aromatic rings. The first-order chi connectivity index (χ1) is 15.4. The van der Waals surface area contributed by atoms with Crippen molar-refractivity contribution in [3.8, 4) is 5.75 Å². The van der Waals surface area contributed by atoms with Gasteiger partial charge >= 0.3 is 12.0 Å². The predicted octanol–water partition coefficient (Wildman–Crippen LogP) is 1.95. The van der Waals surface area contributed by atoms with Gasteiger partial charge in [0.15, 0.2) is 12.4 Å². The largest absolute Gasteiger partial charge is 0.482 e. The summed E-state index contributed by atoms with van der Waals surface area (Å²) in [5.74, 6) is 0.229. The summed E-state index contributed by atoms with van der Waals surface area (Å²) in [6, 6.07) is 6.70. The Balaban J connectivity index is 1.23. The Morgan fingerprint density at radius 1 is 1.09 bits per heavy atom. The average molecular weight is 464 g/mol. The van der Waals surface area contributed by atoms with Crippen molar-refractivity contribution in [3.05, 3.63) is 29.8 Å². The Labute approximate surface area is 191 Å². The van der Waals surface area contributed by atoms with Gasteiger partial charge in [0.05, 0.1) is 12.1 Å². The maximum Gasteiger partial charge on any atom is 0.341 e. The minimum atomic E-state index is -1.06. The number of fused-ring (bicyclic) bond motifs is 1. The molecule has 3 rings (SSSR count). The van der Waals surface area contributed by atoms with Crippen molar-refractivity contribution in [2.45, 2.75) is 55.9 Å². The number of nitrogens with one attached hydrogen (secondary N) is 3. The van der Waals surface area contributed by atoms with E-state index >= 15 is 0 Å². The molecule has 0 unspecified atom stereocenters. The molecule has 9 nitrogen and oxygen atoms in total. The molecular weight excluding hydrogens is 434 g/mol. The molecule has 0 radical (unpaired) electrons. The van der Waals surface area contributed by atoms with E-state index in [0.717, 1.165) is 25.0 Å². The average Bonchev–Trinajstić information content (AvgIpc) is 3.32. The first-order valence-electron chi connectivity index (χ1n) is 10.9. The number of Topliss-reactive ketones (excluding diaryl/α,β-unsaturated/α-hetero) is 1. The number of carboxylic acid groups (broad SMARTS) is 1. The van der Waals surface area contributed by atoms with Gasteiger partial charge in [0.25, 0.3) is 0 Å². The molecule has 4 N–H and O–H groups in total. The lowest BCUT2D eigenvalue weighted by Crippen LogP contribution is -2.36. The van der Waals surface area contributed by atoms with Crippen molar-refractivity contribution < 1.29 is 29.0 Å². The Kier molecular flexibility index (Phi) is 8.78. The number of hydrogen-bond donors (Lipinski definition) is 4. The van der Waals surface area contributed by atoms with Gasteiger partial charge in [-0.2, -0.15) is 11.8 Å². The lowest BCUT2D eigenvalue weighted by atomic mass is 10.0. The lowest BCUT2D eigenvalue weighted by Gasteiger charge is -2.16. The number of ketones is 1. The quantitative estimate of drug-likeness (QED) is 0.200. The highest BCUT2D eigenvalue weighted by molar-refractivity contribution is 8.00. The van der Waals surface area contributed by atoms with Crippen molar-refractivity contribution in [1.82, 2.24) is 16.0 Å². The Bertz CT molecular complexity index is 831. The van der Waals surface area contributed by atoms with Crippen LogP contribution in [0.25, 0.3) is 0 Å². The van der Waals surface area contributed by atoms with E-state index in [2.05, 4.69) is 16.0 Å². The second-order valence-corrected chi connectivity index (χ2v) is 9.22. The molecule has 0 aliphatic carbocycles. The molecule has 2 aliphatic rings. The fraction of sp³-hybridized carbons (Fsp3) is 0.545. The number of carbonyl (C=O) groups excluding carboxylic acids is 3. The number of carbonyl (C=O) groups is 4. The zero-order chi connectivity index (χ0) is 22.9. The van der Waals surface area contributed by atoms with Crippen LogP contribution >= 0.6 is 11.8 Å². The van der Waals surface area contributed by atoms with Gasteiger partial charge < -0.3 is 25.8 Å². The highest BCUT2D eigenvalue weighted by atomic mass is 32.2. The van der Waals surface area contributed by atoms with Crippen molar-refractivity contribution in [2.75, 3.05) is 18.9 Å². The summed E-state index contributed by atoms with van der Waals surface area (Å²) in [6.45, 7) is 0.0214. The number of rotatable bonds is 13. The number of aliphatic carboxylic acids is 1. The van der Waals surface area contributed by atoms with Gasteiger partial charge in [0, 0.05) is 36.0 Å². The van der Waals surface area contributed by atoms with Gasteiger partial charge in [-0.15, -0.1) is 0 Å². The molecule has 10 heteroatoms. The molecule has 2 aliphatic heterocycles. The summed E-state index contributed by atoms with van der Waals surface area (Å²) in [6.07, 6.45) is 4.05. The standard InChI is InChI=1S/C22H29N3O6S/c26-17(14-7-9-15(10-8-14)31-12-20(28)29)4-3-11-23-19(27)6-2-1-5-18-21-16(13-32-18)24-22(30)25-21/h7-10,16,18,21H,1-6,11-13H2,(H,23,27)(H,28,29)(H2,24,25,30)/t16-,18-,21-/m0/s1. The second-order valence-electron chi connectivity index (χ2n) is 7.95. The molecule has 2 fully saturated rings. The fourth-order valence-electron chi connectivity index (χ4n) is 3.87. The molecule has 0 spiro atoms. The Hall–Kier alpha value is -2.75. The third-order valence-corrected chi connectivity index (χ3v) is 7.03. The Morgan fingerprint density at radius 3 is 2.62 bits per heavy atom. The third kappa shape index (κ3) is 7.15. The molecule has 3 atom stereocenters. The van der Waals surface area contributed by atoms with E-state index in [1.807, 2.05) is 11.8 Å². The number of carboxylic acids is 1. The number of amides is 3. The third-order valence-electron chi connectivity index (χ3n) is 5.52. The molecule has 2 heterocycles. The van der Waals surface area contributed by atoms with Crippen LogP contribution in [-0.2, 0) is 9.59 Å². The molecule has 3 amide bonds. The monoisotopic (exact) mass is 463 g/mol. The van der Waals surface area contributed by atoms with Crippen LogP contribution in [0.5, 0.6) is 5.75 Å². The zero-order valence-corrected chi connectivity index (χ0v) is 18.6. The van der Waals surface area contributed by atoms with Crippen LogP contribution in [0.4, 0.5) is 4.79 Å². The smallest absolute Gasteiger partial charge is 0.341 e. The summed E-state index contributed by atoms with van der Waals surface area (Å²) < 4.78 is 5.04. The molecule has 0 bridgehead atoms. The lowest BCUT2D eigenvalue weighted by molar-refractivity contribution is -0.139. The predicted molar refractivity (Wildman–Crippen MR) is 120 cm³/mol. The number of urea groups is 1. The van der Waals surface area contributed by atoms with E-state index in [4.69, 9.17) is 9.84 Å². The second kappa shape index (κ2) is 11.8. The van der Waals surface area contributed by atoms with E-state index in [0.29, 0.717) is 42.4 Å². The number of benzene rings is 1. The van der Waals surface area contributed by atoms with E-state index < -0.39 is 12.6 Å². The van der Waals surface area contributed by atoms with Gasteiger partial charge in [-0.05, 0) is 43.5 Å². The highest BCUT2D eigenvalue weighted by Gasteiger charge is 2.42. The summed E-state index contributed by atoms with van der Waals surface area (Å²) in [7, 11) is 0. The van der Waals surface area contributed by atoms with E-state index in [1.54, 1.807) is 24.3 Å². The number of unbranched alkanes of at least 4 members (excludes halogenated alkanes) is 1. The van der Waals surface area contributed by atoms with E-state index in [1.165, 1.54) is 0 Å². The molecular formula is C22H29N3O6S. The van der Waals surface area contributed by atoms with Gasteiger partial charge in [-0.3, -0.25) is 9.59 Å². The maximum atomic E-state index is 12.2. The SMILES string of the molecule is O=C(O)COc1ccc(C(=O)CCCNC(=O)CCCC[C@@H]2SC[C@@H]3NC(=O)N[C@@H]32)cc1. The molecule has 2 saturated heterocycles. The number of ether oxygens (including phenoxy) is 1. The Morgan fingerprint density at radius 2 is 1.88 bits per heavy atom. The minimum Gasteiger partial charge on any atom is -0.482 e. The van der Waals surface area contributed by atoms with E-state index in [-0.39, 0.29) is 29.8 Å². The summed E-state index contributed by atoms with van der Waals surface area (Å²) in [4.78, 5) is 46.1. The first-order valence-corrected chi connectivity index (χ1v) is 11.9. The van der Waals surface area contributed by atoms with E-state index in [9.17, 15) is 19.2 Å². The molecule has 1 aromatic carbocycles. The van der Waals surface area contributed by atoms with Gasteiger partial charge in [-0.25, -0.2) is 9.59 Å². The topological polar surface area (TPSA) is 134 Å². The van der Waals surface area contributed by atoms with Crippen LogP contribution in [0.3, 0.4) is 0 Å². The van der Waals surface area contributed by atoms with Crippen LogP contribution in [0, 0.1) is 0 Å². The molecule has 174 valence electrons. The maximum absolute atomic E-state index is 12.2. The van der Waals surface area contributed by atoms with Crippen LogP contribution in [0.2, 0.25) is 0 Å².